The van der Waals surface area contributed by atoms with Crippen molar-refractivity contribution in [2.24, 2.45) is 11.3 Å². The van der Waals surface area contributed by atoms with E-state index >= 15 is 0 Å². The van der Waals surface area contributed by atoms with Crippen LogP contribution in [0, 0.1) is 11.3 Å². The van der Waals surface area contributed by atoms with Gasteiger partial charge in [0.25, 0.3) is 0 Å². The number of methoxy groups -OCH3 is 1. The van der Waals surface area contributed by atoms with E-state index in [9.17, 15) is 14.7 Å². The van der Waals surface area contributed by atoms with Gasteiger partial charge in [-0.2, -0.15) is 0 Å². The maximum atomic E-state index is 12.3. The molecule has 32 heavy (non-hydrogen) atoms. The lowest BCUT2D eigenvalue weighted by Gasteiger charge is -2.36. The molecule has 0 bridgehead atoms. The van der Waals surface area contributed by atoms with E-state index in [1.807, 2.05) is 36.4 Å². The number of carbonyl (C=O) groups is 2. The third kappa shape index (κ3) is 4.03. The number of nitrogens with zero attached hydrogens (tertiary/aromatic N) is 1. The Hall–Kier alpha value is -3.47. The highest BCUT2D eigenvalue weighted by Gasteiger charge is 2.35. The number of para-hydroxylation sites is 1. The number of allylic oxidation sites excluding steroid dienone is 1. The lowest BCUT2D eigenvalue weighted by atomic mass is 9.69. The van der Waals surface area contributed by atoms with E-state index < -0.39 is 5.97 Å². The van der Waals surface area contributed by atoms with Gasteiger partial charge in [0.2, 0.25) is 0 Å². The largest absolute Gasteiger partial charge is 0.478 e. The van der Waals surface area contributed by atoms with E-state index in [4.69, 9.17) is 9.72 Å². The molecule has 1 heterocycles. The molecule has 0 fully saturated rings. The van der Waals surface area contributed by atoms with E-state index in [1.165, 1.54) is 7.11 Å². The highest BCUT2D eigenvalue weighted by Crippen LogP contribution is 2.44. The summed E-state index contributed by atoms with van der Waals surface area (Å²) in [5, 5.41) is 10.8. The second kappa shape index (κ2) is 8.23. The van der Waals surface area contributed by atoms with Gasteiger partial charge in [-0.15, -0.1) is 0 Å². The van der Waals surface area contributed by atoms with Crippen LogP contribution in [0.2, 0.25) is 0 Å². The van der Waals surface area contributed by atoms with Crippen LogP contribution < -0.4 is 0 Å². The van der Waals surface area contributed by atoms with Gasteiger partial charge < -0.3 is 9.84 Å². The molecule has 1 aliphatic carbocycles. The molecule has 1 atom stereocenters. The molecule has 1 aliphatic rings. The Morgan fingerprint density at radius 2 is 1.75 bits per heavy atom. The fourth-order valence-electron chi connectivity index (χ4n) is 4.41. The number of fused-ring (bicyclic) bond motifs is 2. The fourth-order valence-corrected chi connectivity index (χ4v) is 4.41. The summed E-state index contributed by atoms with van der Waals surface area (Å²) in [6.45, 7) is 6.58. The molecule has 164 valence electrons. The predicted molar refractivity (Wildman–Crippen MR) is 126 cm³/mol. The van der Waals surface area contributed by atoms with Crippen molar-refractivity contribution in [3.63, 3.8) is 0 Å². The van der Waals surface area contributed by atoms with E-state index in [2.05, 4.69) is 26.8 Å². The average Bonchev–Trinajstić information content (AvgIpc) is 2.76. The molecular weight excluding hydrogens is 402 g/mol. The van der Waals surface area contributed by atoms with Crippen molar-refractivity contribution in [2.45, 2.75) is 33.6 Å². The van der Waals surface area contributed by atoms with Crippen LogP contribution in [0.4, 0.5) is 0 Å². The quantitative estimate of drug-likeness (QED) is 0.527. The number of hydrogen-bond acceptors (Lipinski definition) is 4. The van der Waals surface area contributed by atoms with Crippen molar-refractivity contribution in [3.05, 3.63) is 76.5 Å². The van der Waals surface area contributed by atoms with Gasteiger partial charge in [0.05, 0.1) is 29.4 Å². The van der Waals surface area contributed by atoms with Crippen molar-refractivity contribution < 1.29 is 19.4 Å². The van der Waals surface area contributed by atoms with Crippen molar-refractivity contribution in [3.8, 4) is 0 Å². The Kier molecular flexibility index (Phi) is 5.59. The lowest BCUT2D eigenvalue weighted by molar-refractivity contribution is 0.0599. The number of esters is 1. The summed E-state index contributed by atoms with van der Waals surface area (Å²) in [6, 6.07) is 14.6. The van der Waals surface area contributed by atoms with E-state index in [0.717, 1.165) is 28.8 Å². The van der Waals surface area contributed by atoms with Gasteiger partial charge >= 0.3 is 11.9 Å². The Labute approximate surface area is 187 Å². The van der Waals surface area contributed by atoms with Gasteiger partial charge in [-0.3, -0.25) is 0 Å². The summed E-state index contributed by atoms with van der Waals surface area (Å²) < 4.78 is 4.78. The van der Waals surface area contributed by atoms with E-state index in [0.29, 0.717) is 28.5 Å². The van der Waals surface area contributed by atoms with Crippen LogP contribution in [-0.2, 0) is 11.2 Å². The van der Waals surface area contributed by atoms with Crippen molar-refractivity contribution in [1.29, 1.82) is 0 Å². The smallest absolute Gasteiger partial charge is 0.337 e. The molecule has 0 radical (unpaired) electrons. The number of carbonyl (C=O) groups excluding carboxylic acids is 1. The number of rotatable bonds is 3. The number of aromatic nitrogens is 1. The van der Waals surface area contributed by atoms with Crippen LogP contribution in [0.5, 0.6) is 0 Å². The molecule has 0 spiro atoms. The molecule has 1 unspecified atom stereocenters. The van der Waals surface area contributed by atoms with Gasteiger partial charge in [0.15, 0.2) is 0 Å². The number of hydrogen-bond donors (Lipinski definition) is 1. The number of aromatic carboxylic acids is 1. The second-order valence-corrected chi connectivity index (χ2v) is 9.39. The standard InChI is InChI=1S/C27H27NO4/c1-27(2,3)19-14-18(13-16-9-11-17(12-10-16)26(31)32-4)24-21(15-19)23(25(29)30)20-7-5-6-8-22(20)28-24/h5-13,19H,14-15H2,1-4H3,(H,29,30). The molecule has 1 aromatic heterocycles. The summed E-state index contributed by atoms with van der Waals surface area (Å²) >= 11 is 0. The minimum Gasteiger partial charge on any atom is -0.478 e. The van der Waals surface area contributed by atoms with Crippen molar-refractivity contribution in [2.75, 3.05) is 7.11 Å². The first-order valence-electron chi connectivity index (χ1n) is 10.7. The average molecular weight is 430 g/mol. The Balaban J connectivity index is 1.91. The Morgan fingerprint density at radius 1 is 1.06 bits per heavy atom. The third-order valence-electron chi connectivity index (χ3n) is 6.33. The van der Waals surface area contributed by atoms with E-state index in [1.54, 1.807) is 12.1 Å². The number of pyridine rings is 1. The van der Waals surface area contributed by atoms with Gasteiger partial charge in [-0.25, -0.2) is 14.6 Å². The summed E-state index contributed by atoms with van der Waals surface area (Å²) in [5.41, 5.74) is 5.05. The number of carboxylic acid groups (broad SMARTS) is 1. The van der Waals surface area contributed by atoms with Crippen LogP contribution >= 0.6 is 0 Å². The fraction of sp³-hybridized carbons (Fsp3) is 0.296. The zero-order valence-electron chi connectivity index (χ0n) is 18.8. The molecule has 3 aromatic rings. The maximum absolute atomic E-state index is 12.3. The number of ether oxygens (including phenoxy) is 1. The molecule has 0 amide bonds. The Morgan fingerprint density at radius 3 is 2.38 bits per heavy atom. The van der Waals surface area contributed by atoms with Gasteiger partial charge in [0.1, 0.15) is 0 Å². The molecule has 0 saturated heterocycles. The molecule has 1 N–H and O–H groups in total. The minimum atomic E-state index is -0.920. The zero-order chi connectivity index (χ0) is 23.0. The maximum Gasteiger partial charge on any atom is 0.337 e. The van der Waals surface area contributed by atoms with Gasteiger partial charge in [0, 0.05) is 5.39 Å². The minimum absolute atomic E-state index is 0.00688. The summed E-state index contributed by atoms with van der Waals surface area (Å²) in [6.07, 6.45) is 3.54. The summed E-state index contributed by atoms with van der Waals surface area (Å²) in [4.78, 5) is 29.0. The summed E-state index contributed by atoms with van der Waals surface area (Å²) in [5.74, 6) is -1.02. The zero-order valence-corrected chi connectivity index (χ0v) is 18.8. The van der Waals surface area contributed by atoms with Crippen LogP contribution in [0.15, 0.2) is 48.5 Å². The first-order chi connectivity index (χ1) is 15.2. The number of benzene rings is 2. The van der Waals surface area contributed by atoms with Gasteiger partial charge in [-0.05, 0) is 65.1 Å². The molecule has 0 saturated carbocycles. The monoisotopic (exact) mass is 429 g/mol. The SMILES string of the molecule is COC(=O)c1ccc(C=C2CC(C(C)(C)C)Cc3c2nc2ccccc2c3C(=O)O)cc1. The molecule has 5 heteroatoms. The molecule has 0 aliphatic heterocycles. The number of carboxylic acids is 1. The summed E-state index contributed by atoms with van der Waals surface area (Å²) in [7, 11) is 1.36. The third-order valence-corrected chi connectivity index (χ3v) is 6.33. The second-order valence-electron chi connectivity index (χ2n) is 9.39. The van der Waals surface area contributed by atoms with Crippen LogP contribution in [0.25, 0.3) is 22.6 Å². The van der Waals surface area contributed by atoms with Gasteiger partial charge in [-0.1, -0.05) is 51.1 Å². The van der Waals surface area contributed by atoms with E-state index in [-0.39, 0.29) is 17.3 Å². The molecule has 2 aromatic carbocycles. The lowest BCUT2D eigenvalue weighted by Crippen LogP contribution is -2.28. The highest BCUT2D eigenvalue weighted by atomic mass is 16.5. The normalized spacial score (nSPS) is 17.2. The topological polar surface area (TPSA) is 76.5 Å². The Bertz CT molecular complexity index is 1230. The van der Waals surface area contributed by atoms with Crippen molar-refractivity contribution >= 4 is 34.5 Å². The van der Waals surface area contributed by atoms with Crippen LogP contribution in [0.3, 0.4) is 0 Å². The highest BCUT2D eigenvalue weighted by molar-refractivity contribution is 6.06. The molecule has 4 rings (SSSR count). The van der Waals surface area contributed by atoms with Crippen LogP contribution in [0.1, 0.15) is 64.7 Å². The predicted octanol–water partition coefficient (Wildman–Crippen LogP) is 5.87. The molecular formula is C27H27NO4. The first kappa shape index (κ1) is 21.8. The molecule has 5 nitrogen and oxygen atoms in total. The first-order valence-corrected chi connectivity index (χ1v) is 10.7. The van der Waals surface area contributed by atoms with Crippen molar-refractivity contribution in [1.82, 2.24) is 4.98 Å². The van der Waals surface area contributed by atoms with Crippen LogP contribution in [-0.4, -0.2) is 29.1 Å².